The van der Waals surface area contributed by atoms with Crippen molar-refractivity contribution in [2.45, 2.75) is 18.8 Å². The number of fused-ring (bicyclic) bond motifs is 4. The van der Waals surface area contributed by atoms with E-state index in [9.17, 15) is 0 Å². The van der Waals surface area contributed by atoms with Gasteiger partial charge in [-0.1, -0.05) is 140 Å². The van der Waals surface area contributed by atoms with Gasteiger partial charge in [-0.05, 0) is 119 Å². The SMILES string of the molecule is C1=CC2CC1CC2c1ccc(N(c2ccc(-c3ccc(N(c4ccccc4)c4cccc5ccccc45)cc3)cc2)c2cccc3ccccc23)cc1. The van der Waals surface area contributed by atoms with E-state index in [0.29, 0.717) is 11.8 Å². The zero-order chi connectivity index (χ0) is 35.1. The predicted molar refractivity (Wildman–Crippen MR) is 224 cm³/mol. The first kappa shape index (κ1) is 31.4. The van der Waals surface area contributed by atoms with Crippen molar-refractivity contribution < 1.29 is 0 Å². The number of anilines is 6. The molecule has 2 bridgehead atoms. The van der Waals surface area contributed by atoms with E-state index in [0.717, 1.165) is 23.0 Å². The van der Waals surface area contributed by atoms with Crippen LogP contribution in [-0.4, -0.2) is 0 Å². The van der Waals surface area contributed by atoms with Gasteiger partial charge < -0.3 is 9.80 Å². The van der Waals surface area contributed by atoms with E-state index >= 15 is 0 Å². The van der Waals surface area contributed by atoms with Crippen LogP contribution in [0.25, 0.3) is 32.7 Å². The minimum Gasteiger partial charge on any atom is -0.310 e. The van der Waals surface area contributed by atoms with Gasteiger partial charge in [-0.3, -0.25) is 0 Å². The molecule has 2 heteroatoms. The van der Waals surface area contributed by atoms with Crippen molar-refractivity contribution in [3.63, 3.8) is 0 Å². The fraction of sp³-hybridized carbons (Fsp3) is 0.0980. The highest BCUT2D eigenvalue weighted by Crippen LogP contribution is 2.49. The number of hydrogen-bond acceptors (Lipinski definition) is 2. The van der Waals surface area contributed by atoms with Crippen LogP contribution >= 0.6 is 0 Å². The predicted octanol–water partition coefficient (Wildman–Crippen LogP) is 14.3. The molecule has 0 saturated heterocycles. The maximum Gasteiger partial charge on any atom is 0.0540 e. The lowest BCUT2D eigenvalue weighted by molar-refractivity contribution is 0.586. The molecule has 8 aromatic carbocycles. The lowest BCUT2D eigenvalue weighted by Crippen LogP contribution is -2.11. The first-order valence-corrected chi connectivity index (χ1v) is 18.9. The minimum atomic E-state index is 0.641. The number of benzene rings is 8. The van der Waals surface area contributed by atoms with E-state index < -0.39 is 0 Å². The first-order chi connectivity index (χ1) is 26.3. The Balaban J connectivity index is 0.996. The average Bonchev–Trinajstić information content (AvgIpc) is 3.87. The molecule has 0 radical (unpaired) electrons. The summed E-state index contributed by atoms with van der Waals surface area (Å²) in [4.78, 5) is 4.78. The monoisotopic (exact) mass is 680 g/mol. The van der Waals surface area contributed by atoms with Gasteiger partial charge in [-0.15, -0.1) is 0 Å². The highest BCUT2D eigenvalue weighted by atomic mass is 15.1. The zero-order valence-electron chi connectivity index (χ0n) is 29.6. The lowest BCUT2D eigenvalue weighted by Gasteiger charge is -2.28. The molecule has 1 fully saturated rings. The zero-order valence-corrected chi connectivity index (χ0v) is 29.6. The van der Waals surface area contributed by atoms with Crippen molar-refractivity contribution in [2.24, 2.45) is 11.8 Å². The van der Waals surface area contributed by atoms with E-state index in [1.165, 1.54) is 68.1 Å². The summed E-state index contributed by atoms with van der Waals surface area (Å²) in [6.45, 7) is 0. The van der Waals surface area contributed by atoms with Gasteiger partial charge in [0.15, 0.2) is 0 Å². The van der Waals surface area contributed by atoms with Gasteiger partial charge in [0, 0.05) is 33.5 Å². The van der Waals surface area contributed by atoms with Gasteiger partial charge in [0.1, 0.15) is 0 Å². The Morgan fingerprint density at radius 1 is 0.358 bits per heavy atom. The second kappa shape index (κ2) is 13.3. The van der Waals surface area contributed by atoms with Crippen molar-refractivity contribution in [3.05, 3.63) is 206 Å². The van der Waals surface area contributed by atoms with Crippen molar-refractivity contribution in [3.8, 4) is 11.1 Å². The van der Waals surface area contributed by atoms with Crippen LogP contribution < -0.4 is 9.80 Å². The van der Waals surface area contributed by atoms with Crippen molar-refractivity contribution in [2.75, 3.05) is 9.80 Å². The van der Waals surface area contributed by atoms with Gasteiger partial charge in [0.2, 0.25) is 0 Å². The average molecular weight is 681 g/mol. The molecule has 0 aromatic heterocycles. The second-order valence-corrected chi connectivity index (χ2v) is 14.6. The minimum absolute atomic E-state index is 0.641. The molecule has 3 atom stereocenters. The summed E-state index contributed by atoms with van der Waals surface area (Å²) in [5, 5.41) is 4.94. The maximum absolute atomic E-state index is 2.45. The number of allylic oxidation sites excluding steroid dienone is 2. The Morgan fingerprint density at radius 3 is 1.30 bits per heavy atom. The van der Waals surface area contributed by atoms with Crippen LogP contribution in [0.2, 0.25) is 0 Å². The van der Waals surface area contributed by atoms with Crippen LogP contribution in [0.4, 0.5) is 34.1 Å². The van der Waals surface area contributed by atoms with E-state index in [4.69, 9.17) is 0 Å². The highest BCUT2D eigenvalue weighted by molar-refractivity contribution is 6.00. The number of para-hydroxylation sites is 1. The van der Waals surface area contributed by atoms with Gasteiger partial charge >= 0.3 is 0 Å². The summed E-state index contributed by atoms with van der Waals surface area (Å²) >= 11 is 0. The van der Waals surface area contributed by atoms with E-state index in [-0.39, 0.29) is 0 Å². The molecule has 0 N–H and O–H groups in total. The molecule has 8 aromatic rings. The molecule has 2 aliphatic carbocycles. The third kappa shape index (κ3) is 5.77. The smallest absolute Gasteiger partial charge is 0.0540 e. The van der Waals surface area contributed by atoms with Gasteiger partial charge in [-0.25, -0.2) is 0 Å². The van der Waals surface area contributed by atoms with E-state index in [2.05, 4.69) is 210 Å². The van der Waals surface area contributed by atoms with Gasteiger partial charge in [0.25, 0.3) is 0 Å². The second-order valence-electron chi connectivity index (χ2n) is 14.6. The molecule has 0 aliphatic heterocycles. The standard InChI is InChI=1S/C51H40N2/c1-2-14-43(15-3-1)52(50-18-8-12-39-10-4-6-16-47(39)50)44-28-22-37(23-29-44)38-24-30-45(31-25-38)53(51-19-9-13-40-11-5-7-17-48(40)51)46-32-26-41(27-33-46)49-35-36-20-21-42(49)34-36/h1-33,36,42,49H,34-35H2. The quantitative estimate of drug-likeness (QED) is 0.147. The number of rotatable bonds is 8. The molecule has 0 amide bonds. The molecule has 3 unspecified atom stereocenters. The van der Waals surface area contributed by atoms with Crippen molar-refractivity contribution in [1.29, 1.82) is 0 Å². The largest absolute Gasteiger partial charge is 0.310 e. The van der Waals surface area contributed by atoms with Crippen LogP contribution in [0.15, 0.2) is 200 Å². The Morgan fingerprint density at radius 2 is 0.811 bits per heavy atom. The molecule has 0 spiro atoms. The van der Waals surface area contributed by atoms with Crippen LogP contribution in [0.5, 0.6) is 0 Å². The lowest BCUT2D eigenvalue weighted by atomic mass is 9.87. The molecule has 254 valence electrons. The summed E-state index contributed by atoms with van der Waals surface area (Å²) in [5.41, 5.74) is 10.8. The molecule has 2 aliphatic rings. The molecular weight excluding hydrogens is 641 g/mol. The third-order valence-electron chi connectivity index (χ3n) is 11.5. The molecular formula is C51H40N2. The van der Waals surface area contributed by atoms with Crippen molar-refractivity contribution in [1.82, 2.24) is 0 Å². The third-order valence-corrected chi connectivity index (χ3v) is 11.5. The summed E-state index contributed by atoms with van der Waals surface area (Å²) < 4.78 is 0. The van der Waals surface area contributed by atoms with Crippen LogP contribution in [0.1, 0.15) is 24.3 Å². The Bertz CT molecular complexity index is 2560. The summed E-state index contributed by atoms with van der Waals surface area (Å²) in [6, 6.07) is 68.6. The fourth-order valence-electron chi connectivity index (χ4n) is 8.88. The molecule has 10 rings (SSSR count). The van der Waals surface area contributed by atoms with Crippen LogP contribution in [-0.2, 0) is 0 Å². The number of nitrogens with zero attached hydrogens (tertiary/aromatic N) is 2. The Labute approximate surface area is 311 Å². The molecule has 53 heavy (non-hydrogen) atoms. The van der Waals surface area contributed by atoms with Crippen molar-refractivity contribution >= 4 is 55.7 Å². The molecule has 1 saturated carbocycles. The Kier molecular flexibility index (Phi) is 7.87. The van der Waals surface area contributed by atoms with Gasteiger partial charge in [-0.2, -0.15) is 0 Å². The topological polar surface area (TPSA) is 6.48 Å². The summed E-state index contributed by atoms with van der Waals surface area (Å²) in [7, 11) is 0. The molecule has 2 nitrogen and oxygen atoms in total. The maximum atomic E-state index is 2.45. The normalized spacial score (nSPS) is 17.4. The highest BCUT2D eigenvalue weighted by Gasteiger charge is 2.36. The van der Waals surface area contributed by atoms with Gasteiger partial charge in [0.05, 0.1) is 11.4 Å². The fourth-order valence-corrected chi connectivity index (χ4v) is 8.88. The molecule has 0 heterocycles. The van der Waals surface area contributed by atoms with E-state index in [1.54, 1.807) is 0 Å². The number of hydrogen-bond donors (Lipinski definition) is 0. The summed E-state index contributed by atoms with van der Waals surface area (Å²) in [6.07, 6.45) is 7.48. The Hall–Kier alpha value is -6.38. The first-order valence-electron chi connectivity index (χ1n) is 18.9. The summed E-state index contributed by atoms with van der Waals surface area (Å²) in [5.74, 6) is 2.10. The van der Waals surface area contributed by atoms with Crippen LogP contribution in [0, 0.1) is 11.8 Å². The van der Waals surface area contributed by atoms with Crippen LogP contribution in [0.3, 0.4) is 0 Å². The van der Waals surface area contributed by atoms with E-state index in [1.807, 2.05) is 0 Å².